The van der Waals surface area contributed by atoms with Gasteiger partial charge in [0.15, 0.2) is 5.96 Å². The van der Waals surface area contributed by atoms with Gasteiger partial charge in [0, 0.05) is 31.2 Å². The van der Waals surface area contributed by atoms with Crippen LogP contribution in [0.3, 0.4) is 0 Å². The number of fused-ring (bicyclic) bond motifs is 1. The minimum atomic E-state index is 0. The fraction of sp³-hybridized carbons (Fsp3) is 0.333. The molecule has 0 saturated carbocycles. The molecule has 0 bridgehead atoms. The monoisotopic (exact) mass is 419 g/mol. The minimum Gasteiger partial charge on any atom is -0.344 e. The number of likely N-dealkylation sites (N-methyl/N-ethyl adjacent to an activating group) is 1. The van der Waals surface area contributed by atoms with Crippen LogP contribution >= 0.6 is 24.8 Å². The number of imidazole rings is 1. The number of anilines is 1. The summed E-state index contributed by atoms with van der Waals surface area (Å²) in [5, 5.41) is 3.38. The molecule has 7 heteroatoms. The lowest BCUT2D eigenvalue weighted by atomic mass is 10.1. The fourth-order valence-electron chi connectivity index (χ4n) is 3.37. The number of aliphatic imine (C=N–C) groups is 1. The van der Waals surface area contributed by atoms with Crippen LogP contribution in [0.4, 0.5) is 5.69 Å². The molecule has 1 aromatic carbocycles. The van der Waals surface area contributed by atoms with Crippen LogP contribution in [0.1, 0.15) is 22.5 Å². The van der Waals surface area contributed by atoms with E-state index in [0.29, 0.717) is 0 Å². The van der Waals surface area contributed by atoms with E-state index in [1.165, 1.54) is 22.5 Å². The number of hydrogen-bond acceptors (Lipinski definition) is 4. The maximum absolute atomic E-state index is 4.81. The zero-order valence-electron chi connectivity index (χ0n) is 16.5. The van der Waals surface area contributed by atoms with Crippen LogP contribution in [-0.2, 0) is 12.8 Å². The van der Waals surface area contributed by atoms with E-state index in [9.17, 15) is 0 Å². The molecule has 0 amide bonds. The topological polar surface area (TPSA) is 44.9 Å². The van der Waals surface area contributed by atoms with Crippen molar-refractivity contribution in [3.05, 3.63) is 65.1 Å². The van der Waals surface area contributed by atoms with Gasteiger partial charge in [-0.15, -0.1) is 24.8 Å². The maximum atomic E-state index is 4.81. The van der Waals surface area contributed by atoms with Gasteiger partial charge in [0.1, 0.15) is 5.65 Å². The van der Waals surface area contributed by atoms with Crippen molar-refractivity contribution in [3.8, 4) is 0 Å². The third kappa shape index (κ3) is 4.59. The van der Waals surface area contributed by atoms with E-state index in [0.717, 1.165) is 43.2 Å². The van der Waals surface area contributed by atoms with Gasteiger partial charge < -0.3 is 14.6 Å². The predicted molar refractivity (Wildman–Crippen MR) is 122 cm³/mol. The molecular weight excluding hydrogens is 393 g/mol. The van der Waals surface area contributed by atoms with E-state index >= 15 is 0 Å². The van der Waals surface area contributed by atoms with Crippen LogP contribution in [0.5, 0.6) is 0 Å². The molecule has 0 fully saturated rings. The summed E-state index contributed by atoms with van der Waals surface area (Å²) in [7, 11) is 2.06. The zero-order chi connectivity index (χ0) is 18.1. The number of nitrogens with one attached hydrogen (secondary N) is 1. The number of nitrogens with zero attached hydrogens (tertiary/aromatic N) is 4. The van der Waals surface area contributed by atoms with Crippen molar-refractivity contribution < 1.29 is 0 Å². The van der Waals surface area contributed by atoms with Crippen LogP contribution in [0.15, 0.2) is 47.6 Å². The highest BCUT2D eigenvalue weighted by molar-refractivity contribution is 5.94. The first-order valence-electron chi connectivity index (χ1n) is 9.16. The highest BCUT2D eigenvalue weighted by Gasteiger charge is 2.12. The summed E-state index contributed by atoms with van der Waals surface area (Å²) in [4.78, 5) is 11.4. The number of rotatable bonds is 4. The van der Waals surface area contributed by atoms with Gasteiger partial charge in [-0.2, -0.15) is 0 Å². The third-order valence-corrected chi connectivity index (χ3v) is 5.04. The molecule has 5 nitrogen and oxygen atoms in total. The molecule has 3 aromatic rings. The number of guanidine groups is 1. The summed E-state index contributed by atoms with van der Waals surface area (Å²) in [5.41, 5.74) is 7.11. The zero-order valence-corrected chi connectivity index (χ0v) is 18.1. The molecule has 4 rings (SSSR count). The summed E-state index contributed by atoms with van der Waals surface area (Å²) in [6.07, 6.45) is 4.05. The second-order valence-electron chi connectivity index (χ2n) is 7.03. The molecule has 0 aliphatic carbocycles. The average Bonchev–Trinajstić information content (AvgIpc) is 3.17. The number of halogens is 2. The van der Waals surface area contributed by atoms with E-state index in [1.807, 2.05) is 0 Å². The molecule has 150 valence electrons. The Morgan fingerprint density at radius 1 is 1.04 bits per heavy atom. The van der Waals surface area contributed by atoms with Crippen LogP contribution < -0.4 is 5.32 Å². The molecule has 0 radical (unpaired) electrons. The fourth-order valence-corrected chi connectivity index (χ4v) is 3.37. The van der Waals surface area contributed by atoms with E-state index < -0.39 is 0 Å². The van der Waals surface area contributed by atoms with Crippen molar-refractivity contribution in [2.75, 3.05) is 25.5 Å². The smallest absolute Gasteiger partial charge is 0.198 e. The maximum Gasteiger partial charge on any atom is 0.198 e. The molecule has 0 spiro atoms. The summed E-state index contributed by atoms with van der Waals surface area (Å²) in [6.45, 7) is 6.11. The van der Waals surface area contributed by atoms with Gasteiger partial charge in [-0.25, -0.2) is 4.98 Å². The Morgan fingerprint density at radius 2 is 1.79 bits per heavy atom. The Morgan fingerprint density at radius 3 is 2.46 bits per heavy atom. The Balaban J connectivity index is 0.00000140. The first-order chi connectivity index (χ1) is 12.6. The second-order valence-corrected chi connectivity index (χ2v) is 7.03. The van der Waals surface area contributed by atoms with Crippen LogP contribution in [0.25, 0.3) is 5.65 Å². The normalized spacial score (nSPS) is 13.1. The van der Waals surface area contributed by atoms with E-state index in [2.05, 4.69) is 83.1 Å². The number of aromatic nitrogens is 2. The Hall–Kier alpha value is -2.24. The van der Waals surface area contributed by atoms with Crippen molar-refractivity contribution in [1.82, 2.24) is 14.3 Å². The molecule has 0 atom stereocenters. The van der Waals surface area contributed by atoms with Crippen molar-refractivity contribution in [2.45, 2.75) is 26.7 Å². The lowest BCUT2D eigenvalue weighted by Gasteiger charge is -2.15. The SMILES string of the molecule is Cc1ccn2c(C)c(CCc3ccc(NC4=NCCN4C)cc3)nc2c1.Cl.Cl. The van der Waals surface area contributed by atoms with Gasteiger partial charge in [0.2, 0.25) is 0 Å². The summed E-state index contributed by atoms with van der Waals surface area (Å²) in [6, 6.07) is 12.9. The average molecular weight is 420 g/mol. The van der Waals surface area contributed by atoms with Gasteiger partial charge in [0.05, 0.1) is 12.2 Å². The number of benzene rings is 1. The van der Waals surface area contributed by atoms with Gasteiger partial charge in [0.25, 0.3) is 0 Å². The van der Waals surface area contributed by atoms with Crippen molar-refractivity contribution >= 4 is 42.1 Å². The van der Waals surface area contributed by atoms with Crippen LogP contribution in [0, 0.1) is 13.8 Å². The summed E-state index contributed by atoms with van der Waals surface area (Å²) in [5.74, 6) is 0.952. The highest BCUT2D eigenvalue weighted by Crippen LogP contribution is 2.17. The molecular formula is C21H27Cl2N5. The Bertz CT molecular complexity index is 963. The molecule has 28 heavy (non-hydrogen) atoms. The van der Waals surface area contributed by atoms with Gasteiger partial charge in [-0.1, -0.05) is 12.1 Å². The van der Waals surface area contributed by atoms with Gasteiger partial charge in [-0.05, 0) is 62.1 Å². The third-order valence-electron chi connectivity index (χ3n) is 5.04. The van der Waals surface area contributed by atoms with Crippen LogP contribution in [0.2, 0.25) is 0 Å². The van der Waals surface area contributed by atoms with Gasteiger partial charge >= 0.3 is 0 Å². The van der Waals surface area contributed by atoms with Crippen LogP contribution in [-0.4, -0.2) is 40.4 Å². The molecule has 0 unspecified atom stereocenters. The largest absolute Gasteiger partial charge is 0.344 e. The first kappa shape index (κ1) is 22.1. The standard InChI is InChI=1S/C21H25N5.2ClH/c1-15-10-12-26-16(2)19(24-20(26)14-15)9-6-17-4-7-18(8-5-17)23-21-22-11-13-25(21)3;;/h4-5,7-8,10,12,14H,6,9,11,13H2,1-3H3,(H,22,23);2*1H. The summed E-state index contributed by atoms with van der Waals surface area (Å²) < 4.78 is 2.17. The second kappa shape index (κ2) is 9.30. The number of pyridine rings is 1. The molecule has 3 heterocycles. The lowest BCUT2D eigenvalue weighted by Crippen LogP contribution is -2.28. The molecule has 1 aliphatic rings. The molecule has 2 aromatic heterocycles. The Kier molecular flexibility index (Phi) is 7.33. The Labute approximate surface area is 178 Å². The van der Waals surface area contributed by atoms with Crippen molar-refractivity contribution in [3.63, 3.8) is 0 Å². The number of aryl methyl sites for hydroxylation is 4. The van der Waals surface area contributed by atoms with Crippen molar-refractivity contribution in [2.24, 2.45) is 4.99 Å². The van der Waals surface area contributed by atoms with E-state index in [-0.39, 0.29) is 24.8 Å². The van der Waals surface area contributed by atoms with E-state index in [1.54, 1.807) is 0 Å². The van der Waals surface area contributed by atoms with Crippen molar-refractivity contribution in [1.29, 1.82) is 0 Å². The summed E-state index contributed by atoms with van der Waals surface area (Å²) >= 11 is 0. The predicted octanol–water partition coefficient (Wildman–Crippen LogP) is 4.29. The first-order valence-corrected chi connectivity index (χ1v) is 9.16. The molecule has 0 saturated heterocycles. The lowest BCUT2D eigenvalue weighted by molar-refractivity contribution is 0.555. The quantitative estimate of drug-likeness (QED) is 0.685. The van der Waals surface area contributed by atoms with E-state index in [4.69, 9.17) is 4.98 Å². The highest BCUT2D eigenvalue weighted by atomic mass is 35.5. The van der Waals surface area contributed by atoms with Gasteiger partial charge in [-0.3, -0.25) is 4.99 Å². The molecule has 1 aliphatic heterocycles. The number of hydrogen-bond donors (Lipinski definition) is 1. The minimum absolute atomic E-state index is 0. The molecule has 1 N–H and O–H groups in total.